The number of aryl methyl sites for hydroxylation is 1. The molecular weight excluding hydrogens is 292 g/mol. The summed E-state index contributed by atoms with van der Waals surface area (Å²) >= 11 is 0. The number of nitrogens with zero attached hydrogens (tertiary/aromatic N) is 2. The molecule has 0 aromatic carbocycles. The van der Waals surface area contributed by atoms with Crippen molar-refractivity contribution in [2.24, 2.45) is 0 Å². The van der Waals surface area contributed by atoms with Crippen LogP contribution in [0.25, 0.3) is 0 Å². The summed E-state index contributed by atoms with van der Waals surface area (Å²) in [6, 6.07) is 4.00. The lowest BCUT2D eigenvalue weighted by Gasteiger charge is -2.30. The van der Waals surface area contributed by atoms with Gasteiger partial charge in [0.05, 0.1) is 11.7 Å². The maximum absolute atomic E-state index is 12.0. The highest BCUT2D eigenvalue weighted by Gasteiger charge is 2.25. The summed E-state index contributed by atoms with van der Waals surface area (Å²) < 4.78 is 1.62. The highest BCUT2D eigenvalue weighted by Crippen LogP contribution is 2.27. The predicted octanol–water partition coefficient (Wildman–Crippen LogP) is 2.28. The lowest BCUT2D eigenvalue weighted by atomic mass is 9.91. The normalized spacial score (nSPS) is 25.3. The van der Waals surface area contributed by atoms with E-state index in [-0.39, 0.29) is 23.7 Å². The monoisotopic (exact) mass is 318 g/mol. The van der Waals surface area contributed by atoms with Crippen LogP contribution in [0.5, 0.6) is 0 Å². The first kappa shape index (κ1) is 16.0. The lowest BCUT2D eigenvalue weighted by molar-refractivity contribution is 0.221. The van der Waals surface area contributed by atoms with Gasteiger partial charge in [0.2, 0.25) is 0 Å². The molecule has 126 valence electrons. The van der Waals surface area contributed by atoms with Gasteiger partial charge in [-0.25, -0.2) is 9.48 Å². The Kier molecular flexibility index (Phi) is 4.98. The van der Waals surface area contributed by atoms with Crippen molar-refractivity contribution < 1.29 is 4.79 Å². The topological polar surface area (TPSA) is 76.0 Å². The first-order valence-electron chi connectivity index (χ1n) is 8.75. The van der Waals surface area contributed by atoms with Crippen molar-refractivity contribution >= 4 is 6.03 Å². The number of carbonyl (C=O) groups excluding carboxylic acids is 1. The number of amides is 2. The third-order valence-corrected chi connectivity index (χ3v) is 5.03. The van der Waals surface area contributed by atoms with Gasteiger partial charge >= 0.3 is 6.03 Å². The second-order valence-corrected chi connectivity index (χ2v) is 6.86. The molecule has 2 aliphatic rings. The van der Waals surface area contributed by atoms with Crippen LogP contribution in [0.4, 0.5) is 4.79 Å². The van der Waals surface area contributed by atoms with Gasteiger partial charge in [0.1, 0.15) is 0 Å². The SMILES string of the molecule is Cc1ccc(=O)n(C2CCC(NC(=O)NC3CCCC3)CC2)n1. The van der Waals surface area contributed by atoms with E-state index in [0.717, 1.165) is 44.2 Å². The molecule has 0 radical (unpaired) electrons. The molecule has 0 atom stereocenters. The second-order valence-electron chi connectivity index (χ2n) is 6.86. The van der Waals surface area contributed by atoms with Crippen molar-refractivity contribution in [2.75, 3.05) is 0 Å². The quantitative estimate of drug-likeness (QED) is 0.897. The molecule has 1 heterocycles. The van der Waals surface area contributed by atoms with Gasteiger partial charge in [-0.1, -0.05) is 12.8 Å². The number of carbonyl (C=O) groups is 1. The number of rotatable bonds is 3. The number of aromatic nitrogens is 2. The van der Waals surface area contributed by atoms with Crippen LogP contribution in [0, 0.1) is 6.92 Å². The van der Waals surface area contributed by atoms with E-state index in [1.165, 1.54) is 12.8 Å². The first-order valence-corrected chi connectivity index (χ1v) is 8.75. The molecule has 6 heteroatoms. The second kappa shape index (κ2) is 7.15. The van der Waals surface area contributed by atoms with E-state index in [2.05, 4.69) is 15.7 Å². The Morgan fingerprint density at radius 2 is 1.65 bits per heavy atom. The summed E-state index contributed by atoms with van der Waals surface area (Å²) in [6.45, 7) is 1.90. The maximum Gasteiger partial charge on any atom is 0.315 e. The molecular formula is C17H26N4O2. The fourth-order valence-electron chi connectivity index (χ4n) is 3.73. The fourth-order valence-corrected chi connectivity index (χ4v) is 3.73. The van der Waals surface area contributed by atoms with E-state index in [9.17, 15) is 9.59 Å². The highest BCUT2D eigenvalue weighted by atomic mass is 16.2. The van der Waals surface area contributed by atoms with Crippen LogP contribution in [0.2, 0.25) is 0 Å². The molecule has 2 saturated carbocycles. The van der Waals surface area contributed by atoms with E-state index in [1.807, 2.05) is 6.92 Å². The molecule has 23 heavy (non-hydrogen) atoms. The molecule has 0 saturated heterocycles. The zero-order valence-electron chi connectivity index (χ0n) is 13.8. The van der Waals surface area contributed by atoms with E-state index in [1.54, 1.807) is 16.8 Å². The van der Waals surface area contributed by atoms with E-state index in [4.69, 9.17) is 0 Å². The highest BCUT2D eigenvalue weighted by molar-refractivity contribution is 5.74. The Balaban J connectivity index is 1.49. The molecule has 0 spiro atoms. The van der Waals surface area contributed by atoms with Gasteiger partial charge < -0.3 is 10.6 Å². The number of hydrogen-bond donors (Lipinski definition) is 2. The summed E-state index contributed by atoms with van der Waals surface area (Å²) in [5.74, 6) is 0. The van der Waals surface area contributed by atoms with Gasteiger partial charge in [-0.15, -0.1) is 0 Å². The van der Waals surface area contributed by atoms with Crippen LogP contribution in [0.15, 0.2) is 16.9 Å². The molecule has 0 bridgehead atoms. The van der Waals surface area contributed by atoms with Crippen molar-refractivity contribution in [1.29, 1.82) is 0 Å². The molecule has 6 nitrogen and oxygen atoms in total. The summed E-state index contributed by atoms with van der Waals surface area (Å²) in [5, 5.41) is 10.5. The van der Waals surface area contributed by atoms with Crippen LogP contribution >= 0.6 is 0 Å². The minimum absolute atomic E-state index is 0.0359. The third-order valence-electron chi connectivity index (χ3n) is 5.03. The first-order chi connectivity index (χ1) is 11.1. The van der Waals surface area contributed by atoms with Gasteiger partial charge in [0.15, 0.2) is 0 Å². The van der Waals surface area contributed by atoms with Gasteiger partial charge in [-0.3, -0.25) is 4.79 Å². The van der Waals surface area contributed by atoms with Crippen molar-refractivity contribution in [3.8, 4) is 0 Å². The molecule has 0 aliphatic heterocycles. The molecule has 1 aromatic heterocycles. The molecule has 2 amide bonds. The maximum atomic E-state index is 12.0. The minimum Gasteiger partial charge on any atom is -0.335 e. The Labute approximate surface area is 136 Å². The standard InChI is InChI=1S/C17H26N4O2/c1-12-6-11-16(22)21(20-12)15-9-7-14(8-10-15)19-17(23)18-13-4-2-3-5-13/h6,11,13-15H,2-5,7-10H2,1H3,(H2,18,19,23). The molecule has 2 N–H and O–H groups in total. The molecule has 0 unspecified atom stereocenters. The average molecular weight is 318 g/mol. The lowest BCUT2D eigenvalue weighted by Crippen LogP contribution is -2.47. The summed E-state index contributed by atoms with van der Waals surface area (Å²) in [5.41, 5.74) is 0.826. The van der Waals surface area contributed by atoms with Gasteiger partial charge in [0, 0.05) is 18.2 Å². The summed E-state index contributed by atoms with van der Waals surface area (Å²) in [7, 11) is 0. The van der Waals surface area contributed by atoms with Crippen molar-refractivity contribution in [1.82, 2.24) is 20.4 Å². The number of urea groups is 1. The van der Waals surface area contributed by atoms with Crippen LogP contribution in [-0.4, -0.2) is 27.9 Å². The largest absolute Gasteiger partial charge is 0.335 e. The Morgan fingerprint density at radius 3 is 2.30 bits per heavy atom. The van der Waals surface area contributed by atoms with Gasteiger partial charge in [0.25, 0.3) is 5.56 Å². The zero-order chi connectivity index (χ0) is 16.2. The Morgan fingerprint density at radius 1 is 1.04 bits per heavy atom. The predicted molar refractivity (Wildman–Crippen MR) is 88.5 cm³/mol. The zero-order valence-corrected chi connectivity index (χ0v) is 13.8. The molecule has 1 aromatic rings. The molecule has 2 aliphatic carbocycles. The Bertz CT molecular complexity index is 599. The minimum atomic E-state index is -0.0361. The van der Waals surface area contributed by atoms with E-state index < -0.39 is 0 Å². The van der Waals surface area contributed by atoms with Crippen LogP contribution in [0.1, 0.15) is 63.1 Å². The number of nitrogens with one attached hydrogen (secondary N) is 2. The molecule has 3 rings (SSSR count). The number of hydrogen-bond acceptors (Lipinski definition) is 3. The van der Waals surface area contributed by atoms with Gasteiger partial charge in [-0.2, -0.15) is 5.10 Å². The van der Waals surface area contributed by atoms with Crippen molar-refractivity contribution in [2.45, 2.75) is 76.4 Å². The summed E-state index contributed by atoms with van der Waals surface area (Å²) in [4.78, 5) is 24.0. The average Bonchev–Trinajstić information content (AvgIpc) is 3.03. The van der Waals surface area contributed by atoms with Crippen LogP contribution in [-0.2, 0) is 0 Å². The van der Waals surface area contributed by atoms with Crippen LogP contribution < -0.4 is 16.2 Å². The Hall–Kier alpha value is -1.85. The van der Waals surface area contributed by atoms with E-state index >= 15 is 0 Å². The third kappa shape index (κ3) is 4.12. The molecule has 2 fully saturated rings. The van der Waals surface area contributed by atoms with Crippen LogP contribution in [0.3, 0.4) is 0 Å². The fraction of sp³-hybridized carbons (Fsp3) is 0.706. The van der Waals surface area contributed by atoms with E-state index in [0.29, 0.717) is 6.04 Å². The summed E-state index contributed by atoms with van der Waals surface area (Å²) in [6.07, 6.45) is 8.18. The van der Waals surface area contributed by atoms with Gasteiger partial charge in [-0.05, 0) is 51.5 Å². The van der Waals surface area contributed by atoms with Crippen molar-refractivity contribution in [3.05, 3.63) is 28.2 Å². The van der Waals surface area contributed by atoms with Crippen molar-refractivity contribution in [3.63, 3.8) is 0 Å². The smallest absolute Gasteiger partial charge is 0.315 e.